The number of carbonyl (C=O) groups is 1. The van der Waals surface area contributed by atoms with Crippen LogP contribution in [0.25, 0.3) is 6.08 Å². The largest absolute Gasteiger partial charge is 0.494 e. The van der Waals surface area contributed by atoms with Crippen LogP contribution in [-0.2, 0) is 10.2 Å². The van der Waals surface area contributed by atoms with E-state index in [9.17, 15) is 4.79 Å². The maximum absolute atomic E-state index is 12.2. The third-order valence-electron chi connectivity index (χ3n) is 3.76. The van der Waals surface area contributed by atoms with Gasteiger partial charge in [0.05, 0.1) is 6.61 Å². The number of rotatable bonds is 5. The third-order valence-corrected chi connectivity index (χ3v) is 3.76. The number of hydrogen-bond donors (Lipinski definition) is 0. The van der Waals surface area contributed by atoms with Crippen molar-refractivity contribution in [2.24, 2.45) is 0 Å². The van der Waals surface area contributed by atoms with Crippen LogP contribution >= 0.6 is 0 Å². The Balaban J connectivity index is 2.10. The minimum atomic E-state index is -0.386. The predicted molar refractivity (Wildman–Crippen MR) is 102 cm³/mol. The van der Waals surface area contributed by atoms with Gasteiger partial charge in [0.25, 0.3) is 0 Å². The van der Waals surface area contributed by atoms with E-state index < -0.39 is 0 Å². The van der Waals surface area contributed by atoms with Crippen molar-refractivity contribution in [3.63, 3.8) is 0 Å². The van der Waals surface area contributed by atoms with Crippen molar-refractivity contribution in [2.75, 3.05) is 6.61 Å². The third kappa shape index (κ3) is 5.49. The van der Waals surface area contributed by atoms with Gasteiger partial charge in [-0.05, 0) is 49.1 Å². The van der Waals surface area contributed by atoms with Gasteiger partial charge in [-0.15, -0.1) is 0 Å². The summed E-state index contributed by atoms with van der Waals surface area (Å²) in [5, 5.41) is 0. The SMILES string of the molecule is CCOc1ccc(/C=C/C(=O)Oc2ccc(C)cc2C(C)(C)C)cc1. The second-order valence-electron chi connectivity index (χ2n) is 7.01. The van der Waals surface area contributed by atoms with Gasteiger partial charge in [-0.3, -0.25) is 0 Å². The highest BCUT2D eigenvalue weighted by Crippen LogP contribution is 2.32. The summed E-state index contributed by atoms with van der Waals surface area (Å²) in [5.74, 6) is 1.04. The van der Waals surface area contributed by atoms with E-state index in [2.05, 4.69) is 26.8 Å². The normalized spacial score (nSPS) is 11.6. The van der Waals surface area contributed by atoms with Gasteiger partial charge in [0, 0.05) is 11.6 Å². The van der Waals surface area contributed by atoms with Gasteiger partial charge in [-0.1, -0.05) is 50.6 Å². The molecule has 0 spiro atoms. The highest BCUT2D eigenvalue weighted by Gasteiger charge is 2.20. The Morgan fingerprint density at radius 3 is 2.36 bits per heavy atom. The molecule has 132 valence electrons. The lowest BCUT2D eigenvalue weighted by Gasteiger charge is -2.22. The van der Waals surface area contributed by atoms with Crippen LogP contribution in [0.4, 0.5) is 0 Å². The predicted octanol–water partition coefficient (Wildman–Crippen LogP) is 5.31. The lowest BCUT2D eigenvalue weighted by atomic mass is 9.85. The van der Waals surface area contributed by atoms with E-state index in [0.717, 1.165) is 22.4 Å². The average Bonchev–Trinajstić information content (AvgIpc) is 2.55. The zero-order chi connectivity index (χ0) is 18.4. The van der Waals surface area contributed by atoms with Gasteiger partial charge in [0.15, 0.2) is 0 Å². The lowest BCUT2D eigenvalue weighted by Crippen LogP contribution is -2.15. The summed E-state index contributed by atoms with van der Waals surface area (Å²) in [6, 6.07) is 13.5. The number of carbonyl (C=O) groups excluding carboxylic acids is 1. The molecule has 0 fully saturated rings. The fourth-order valence-corrected chi connectivity index (χ4v) is 2.47. The van der Waals surface area contributed by atoms with E-state index in [1.54, 1.807) is 6.08 Å². The van der Waals surface area contributed by atoms with E-state index in [-0.39, 0.29) is 11.4 Å². The van der Waals surface area contributed by atoms with Gasteiger partial charge < -0.3 is 9.47 Å². The van der Waals surface area contributed by atoms with Gasteiger partial charge in [0.1, 0.15) is 11.5 Å². The first-order valence-corrected chi connectivity index (χ1v) is 8.53. The van der Waals surface area contributed by atoms with Gasteiger partial charge in [0.2, 0.25) is 0 Å². The minimum absolute atomic E-state index is 0.0968. The average molecular weight is 338 g/mol. The molecule has 0 heterocycles. The molecule has 0 unspecified atom stereocenters. The molecule has 0 saturated heterocycles. The molecule has 0 aliphatic carbocycles. The van der Waals surface area contributed by atoms with Crippen LogP contribution in [0, 0.1) is 6.92 Å². The summed E-state index contributed by atoms with van der Waals surface area (Å²) in [6.45, 7) is 10.9. The van der Waals surface area contributed by atoms with Crippen molar-refractivity contribution in [2.45, 2.75) is 40.0 Å². The van der Waals surface area contributed by atoms with Crippen LogP contribution in [0.5, 0.6) is 11.5 Å². The molecule has 0 saturated carbocycles. The van der Waals surface area contributed by atoms with Crippen molar-refractivity contribution in [1.82, 2.24) is 0 Å². The summed E-state index contributed by atoms with van der Waals surface area (Å²) in [7, 11) is 0. The van der Waals surface area contributed by atoms with Crippen molar-refractivity contribution in [3.8, 4) is 11.5 Å². The molecule has 0 aliphatic rings. The van der Waals surface area contributed by atoms with E-state index >= 15 is 0 Å². The zero-order valence-electron chi connectivity index (χ0n) is 15.6. The molecular weight excluding hydrogens is 312 g/mol. The molecule has 0 atom stereocenters. The van der Waals surface area contributed by atoms with Crippen molar-refractivity contribution < 1.29 is 14.3 Å². The first kappa shape index (κ1) is 18.8. The van der Waals surface area contributed by atoms with Gasteiger partial charge in [-0.25, -0.2) is 4.79 Å². The summed E-state index contributed by atoms with van der Waals surface area (Å²) in [5.41, 5.74) is 2.99. The van der Waals surface area contributed by atoms with Gasteiger partial charge in [-0.2, -0.15) is 0 Å². The minimum Gasteiger partial charge on any atom is -0.494 e. The lowest BCUT2D eigenvalue weighted by molar-refractivity contribution is -0.128. The first-order valence-electron chi connectivity index (χ1n) is 8.53. The first-order chi connectivity index (χ1) is 11.8. The molecular formula is C22H26O3. The Hall–Kier alpha value is -2.55. The maximum Gasteiger partial charge on any atom is 0.336 e. The molecule has 0 aliphatic heterocycles. The number of benzene rings is 2. The summed E-state index contributed by atoms with van der Waals surface area (Å²) in [6.07, 6.45) is 3.19. The van der Waals surface area contributed by atoms with Crippen LogP contribution in [0.15, 0.2) is 48.5 Å². The summed E-state index contributed by atoms with van der Waals surface area (Å²) < 4.78 is 11.0. The van der Waals surface area contributed by atoms with E-state index in [4.69, 9.17) is 9.47 Å². The Bertz CT molecular complexity index is 750. The quantitative estimate of drug-likeness (QED) is 0.421. The fourth-order valence-electron chi connectivity index (χ4n) is 2.47. The van der Waals surface area contributed by atoms with Gasteiger partial charge >= 0.3 is 5.97 Å². The highest BCUT2D eigenvalue weighted by molar-refractivity contribution is 5.89. The van der Waals surface area contributed by atoms with Crippen LogP contribution in [0.1, 0.15) is 44.4 Å². The van der Waals surface area contributed by atoms with Crippen LogP contribution in [-0.4, -0.2) is 12.6 Å². The Morgan fingerprint density at radius 1 is 1.08 bits per heavy atom. The second-order valence-corrected chi connectivity index (χ2v) is 7.01. The fraction of sp³-hybridized carbons (Fsp3) is 0.318. The summed E-state index contributed by atoms with van der Waals surface area (Å²) >= 11 is 0. The van der Waals surface area contributed by atoms with Crippen LogP contribution in [0.3, 0.4) is 0 Å². The molecule has 3 nitrogen and oxygen atoms in total. The summed E-state index contributed by atoms with van der Waals surface area (Å²) in [4.78, 5) is 12.2. The van der Waals surface area contributed by atoms with E-state index in [1.165, 1.54) is 6.08 Å². The number of hydrogen-bond acceptors (Lipinski definition) is 3. The Morgan fingerprint density at radius 2 is 1.76 bits per heavy atom. The van der Waals surface area contributed by atoms with Crippen LogP contribution in [0.2, 0.25) is 0 Å². The Labute approximate surface area is 150 Å². The molecule has 2 rings (SSSR count). The molecule has 0 bridgehead atoms. The molecule has 0 aromatic heterocycles. The van der Waals surface area contributed by atoms with Crippen LogP contribution < -0.4 is 9.47 Å². The molecule has 0 radical (unpaired) electrons. The standard InChI is InChI=1S/C22H26O3/c1-6-24-18-11-8-17(9-12-18)10-14-21(23)25-20-13-7-16(2)15-19(20)22(3,4)5/h7-15H,6H2,1-5H3/b14-10+. The smallest absolute Gasteiger partial charge is 0.336 e. The molecule has 2 aromatic carbocycles. The molecule has 0 amide bonds. The Kier molecular flexibility index (Phi) is 6.02. The van der Waals surface area contributed by atoms with Crippen molar-refractivity contribution >= 4 is 12.0 Å². The number of aryl methyl sites for hydroxylation is 1. The zero-order valence-corrected chi connectivity index (χ0v) is 15.6. The number of esters is 1. The second kappa shape index (κ2) is 8.02. The molecule has 3 heteroatoms. The maximum atomic E-state index is 12.2. The van der Waals surface area contributed by atoms with Crippen molar-refractivity contribution in [3.05, 3.63) is 65.2 Å². The van der Waals surface area contributed by atoms with E-state index in [0.29, 0.717) is 12.4 Å². The van der Waals surface area contributed by atoms with E-state index in [1.807, 2.05) is 50.2 Å². The number of ether oxygens (including phenoxy) is 2. The molecule has 0 N–H and O–H groups in total. The molecule has 25 heavy (non-hydrogen) atoms. The monoisotopic (exact) mass is 338 g/mol. The topological polar surface area (TPSA) is 35.5 Å². The van der Waals surface area contributed by atoms with Crippen molar-refractivity contribution in [1.29, 1.82) is 0 Å². The molecule has 2 aromatic rings. The highest BCUT2D eigenvalue weighted by atomic mass is 16.5.